The zero-order valence-electron chi connectivity index (χ0n) is 17.8. The van der Waals surface area contributed by atoms with Gasteiger partial charge in [-0.3, -0.25) is 0 Å². The molecule has 0 unspecified atom stereocenters. The van der Waals surface area contributed by atoms with Crippen LogP contribution in [0.1, 0.15) is 25.6 Å². The molecule has 31 heavy (non-hydrogen) atoms. The van der Waals surface area contributed by atoms with E-state index in [2.05, 4.69) is 39.2 Å². The zero-order chi connectivity index (χ0) is 20.6. The molecular weight excluding hydrogens is 501 g/mol. The van der Waals surface area contributed by atoms with Crippen molar-refractivity contribution in [1.29, 1.82) is 0 Å². The Morgan fingerprint density at radius 1 is 1.10 bits per heavy atom. The summed E-state index contributed by atoms with van der Waals surface area (Å²) in [5.41, 5.74) is 2.15. The number of guanidine groups is 1. The molecule has 2 aromatic carbocycles. The fraction of sp³-hybridized carbons (Fsp3) is 0.333. The van der Waals surface area contributed by atoms with Crippen molar-refractivity contribution in [2.45, 2.75) is 32.4 Å². The normalized spacial score (nSPS) is 14.7. The summed E-state index contributed by atoms with van der Waals surface area (Å²) >= 11 is 0. The Kier molecular flexibility index (Phi) is 8.75. The number of imidazole rings is 1. The van der Waals surface area contributed by atoms with Crippen molar-refractivity contribution < 1.29 is 4.74 Å². The second kappa shape index (κ2) is 11.7. The summed E-state index contributed by atoms with van der Waals surface area (Å²) in [6.07, 6.45) is 4.10. The van der Waals surface area contributed by atoms with Crippen LogP contribution in [-0.2, 0) is 6.54 Å². The highest BCUT2D eigenvalue weighted by molar-refractivity contribution is 14.0. The molecule has 2 N–H and O–H groups in total. The number of halogens is 1. The first kappa shape index (κ1) is 23.1. The van der Waals surface area contributed by atoms with E-state index in [1.165, 1.54) is 0 Å². The number of ether oxygens (including phenoxy) is 1. The van der Waals surface area contributed by atoms with Gasteiger partial charge in [-0.25, -0.2) is 9.98 Å². The van der Waals surface area contributed by atoms with Crippen LogP contribution in [0.5, 0.6) is 5.75 Å². The Morgan fingerprint density at radius 2 is 1.77 bits per heavy atom. The molecule has 1 fully saturated rings. The summed E-state index contributed by atoms with van der Waals surface area (Å²) < 4.78 is 6.12. The second-order valence-electron chi connectivity index (χ2n) is 7.40. The molecule has 6 nitrogen and oxygen atoms in total. The Bertz CT molecular complexity index is 937. The number of hydrogen-bond donors (Lipinski definition) is 2. The number of aliphatic imine (C=N–C) groups is 1. The molecule has 1 saturated heterocycles. The molecule has 0 amide bonds. The number of nitrogens with one attached hydrogen (secondary N) is 2. The largest absolute Gasteiger partial charge is 0.490 e. The lowest BCUT2D eigenvalue weighted by Crippen LogP contribution is -2.47. The summed E-state index contributed by atoms with van der Waals surface area (Å²) in [6, 6.07) is 20.3. The number of hydrogen-bond acceptors (Lipinski definition) is 3. The van der Waals surface area contributed by atoms with Gasteiger partial charge in [0.25, 0.3) is 0 Å². The van der Waals surface area contributed by atoms with E-state index in [9.17, 15) is 0 Å². The number of likely N-dealkylation sites (tertiary alicyclic amines) is 1. The minimum absolute atomic E-state index is 0. The van der Waals surface area contributed by atoms with Crippen LogP contribution in [-0.4, -0.2) is 46.6 Å². The predicted molar refractivity (Wildman–Crippen MR) is 136 cm³/mol. The molecule has 164 valence electrons. The number of piperidine rings is 1. The predicted octanol–water partition coefficient (Wildman–Crippen LogP) is 4.70. The second-order valence-corrected chi connectivity index (χ2v) is 7.40. The van der Waals surface area contributed by atoms with Crippen molar-refractivity contribution >= 4 is 29.9 Å². The average molecular weight is 531 g/mol. The highest BCUT2D eigenvalue weighted by Crippen LogP contribution is 2.19. The molecular formula is C24H30IN5O. The lowest BCUT2D eigenvalue weighted by Gasteiger charge is -2.34. The van der Waals surface area contributed by atoms with E-state index in [-0.39, 0.29) is 30.1 Å². The molecule has 0 bridgehead atoms. The van der Waals surface area contributed by atoms with Crippen LogP contribution in [0.15, 0.2) is 71.9 Å². The van der Waals surface area contributed by atoms with Gasteiger partial charge < -0.3 is 19.9 Å². The third kappa shape index (κ3) is 6.46. The van der Waals surface area contributed by atoms with Gasteiger partial charge in [0, 0.05) is 32.5 Å². The number of aromatic nitrogens is 2. The SMILES string of the molecule is CCNC(=NCc1ncc(-c2ccccc2)[nH]1)N1CCC(Oc2ccccc2)CC1.I. The van der Waals surface area contributed by atoms with Gasteiger partial charge in [-0.15, -0.1) is 24.0 Å². The summed E-state index contributed by atoms with van der Waals surface area (Å²) in [4.78, 5) is 15.0. The summed E-state index contributed by atoms with van der Waals surface area (Å²) in [7, 11) is 0. The number of benzene rings is 2. The van der Waals surface area contributed by atoms with Crippen LogP contribution in [0.3, 0.4) is 0 Å². The number of H-pyrrole nitrogens is 1. The van der Waals surface area contributed by atoms with Crippen LogP contribution in [0, 0.1) is 0 Å². The number of para-hydroxylation sites is 1. The molecule has 1 aliphatic rings. The lowest BCUT2D eigenvalue weighted by atomic mass is 10.1. The topological polar surface area (TPSA) is 65.5 Å². The maximum atomic E-state index is 6.12. The third-order valence-corrected chi connectivity index (χ3v) is 5.21. The van der Waals surface area contributed by atoms with Crippen molar-refractivity contribution in [3.8, 4) is 17.0 Å². The molecule has 0 saturated carbocycles. The number of rotatable bonds is 6. The van der Waals surface area contributed by atoms with E-state index < -0.39 is 0 Å². The molecule has 1 aliphatic heterocycles. The molecule has 4 rings (SSSR count). The molecule has 1 aromatic heterocycles. The monoisotopic (exact) mass is 531 g/mol. The van der Waals surface area contributed by atoms with Gasteiger partial charge in [0.1, 0.15) is 24.2 Å². The minimum Gasteiger partial charge on any atom is -0.490 e. The maximum absolute atomic E-state index is 6.12. The fourth-order valence-electron chi connectivity index (χ4n) is 3.66. The quantitative estimate of drug-likeness (QED) is 0.275. The zero-order valence-corrected chi connectivity index (χ0v) is 20.2. The number of aromatic amines is 1. The smallest absolute Gasteiger partial charge is 0.194 e. The van der Waals surface area contributed by atoms with Crippen LogP contribution >= 0.6 is 24.0 Å². The van der Waals surface area contributed by atoms with Gasteiger partial charge in [-0.1, -0.05) is 48.5 Å². The molecule has 2 heterocycles. The van der Waals surface area contributed by atoms with E-state index in [4.69, 9.17) is 9.73 Å². The Morgan fingerprint density at radius 3 is 2.45 bits per heavy atom. The first-order chi connectivity index (χ1) is 14.8. The van der Waals surface area contributed by atoms with Gasteiger partial charge in [0.15, 0.2) is 5.96 Å². The van der Waals surface area contributed by atoms with E-state index in [0.717, 1.165) is 61.3 Å². The van der Waals surface area contributed by atoms with Crippen molar-refractivity contribution in [2.24, 2.45) is 4.99 Å². The Balaban J connectivity index is 0.00000272. The standard InChI is InChI=1S/C24H29N5O.HI/c1-2-25-24(27-18-23-26-17-22(28-23)19-9-5-3-6-10-19)29-15-13-21(14-16-29)30-20-11-7-4-8-12-20;/h3-12,17,21H,2,13-16,18H2,1H3,(H,25,27)(H,26,28);1H. The van der Waals surface area contributed by atoms with Crippen LogP contribution in [0.2, 0.25) is 0 Å². The van der Waals surface area contributed by atoms with Gasteiger partial charge >= 0.3 is 0 Å². The molecule has 7 heteroatoms. The molecule has 0 radical (unpaired) electrons. The van der Waals surface area contributed by atoms with Crippen LogP contribution < -0.4 is 10.1 Å². The Hall–Kier alpha value is -2.55. The first-order valence-corrected chi connectivity index (χ1v) is 10.7. The lowest BCUT2D eigenvalue weighted by molar-refractivity contribution is 0.129. The molecule has 3 aromatic rings. The van der Waals surface area contributed by atoms with Gasteiger partial charge in [0.05, 0.1) is 11.9 Å². The third-order valence-electron chi connectivity index (χ3n) is 5.21. The molecule has 0 spiro atoms. The van der Waals surface area contributed by atoms with Crippen molar-refractivity contribution in [3.05, 3.63) is 72.7 Å². The summed E-state index contributed by atoms with van der Waals surface area (Å²) in [5.74, 6) is 2.75. The van der Waals surface area contributed by atoms with Gasteiger partial charge in [-0.2, -0.15) is 0 Å². The molecule has 0 atom stereocenters. The first-order valence-electron chi connectivity index (χ1n) is 10.7. The van der Waals surface area contributed by atoms with Crippen molar-refractivity contribution in [1.82, 2.24) is 20.2 Å². The summed E-state index contributed by atoms with van der Waals surface area (Å²) in [6.45, 7) is 5.32. The van der Waals surface area contributed by atoms with Crippen molar-refractivity contribution in [3.63, 3.8) is 0 Å². The van der Waals surface area contributed by atoms with Crippen LogP contribution in [0.4, 0.5) is 0 Å². The maximum Gasteiger partial charge on any atom is 0.194 e. The minimum atomic E-state index is 0. The van der Waals surface area contributed by atoms with E-state index >= 15 is 0 Å². The van der Waals surface area contributed by atoms with E-state index in [1.54, 1.807) is 0 Å². The average Bonchev–Trinajstić information content (AvgIpc) is 3.28. The molecule has 0 aliphatic carbocycles. The fourth-order valence-corrected chi connectivity index (χ4v) is 3.66. The highest BCUT2D eigenvalue weighted by Gasteiger charge is 2.22. The number of nitrogens with zero attached hydrogens (tertiary/aromatic N) is 3. The van der Waals surface area contributed by atoms with E-state index in [0.29, 0.717) is 6.54 Å². The van der Waals surface area contributed by atoms with Crippen LogP contribution in [0.25, 0.3) is 11.3 Å². The van der Waals surface area contributed by atoms with Gasteiger partial charge in [-0.05, 0) is 24.6 Å². The summed E-state index contributed by atoms with van der Waals surface area (Å²) in [5, 5.41) is 3.42. The van der Waals surface area contributed by atoms with E-state index in [1.807, 2.05) is 54.7 Å². The van der Waals surface area contributed by atoms with Crippen molar-refractivity contribution in [2.75, 3.05) is 19.6 Å². The van der Waals surface area contributed by atoms with Gasteiger partial charge in [0.2, 0.25) is 0 Å². The Labute approximate surface area is 201 Å². The highest BCUT2D eigenvalue weighted by atomic mass is 127.